The molecule has 4 N–H and O–H groups in total. The van der Waals surface area contributed by atoms with E-state index < -0.39 is 0 Å². The van der Waals surface area contributed by atoms with E-state index in [-0.39, 0.29) is 0 Å². The SMILES string of the molecule is N/C=c1/ccs/c1=C/N. The maximum atomic E-state index is 5.28. The van der Waals surface area contributed by atoms with Crippen molar-refractivity contribution in [1.82, 2.24) is 0 Å². The molecule has 0 unspecified atom stereocenters. The Morgan fingerprint density at radius 1 is 1.33 bits per heavy atom. The van der Waals surface area contributed by atoms with Crippen LogP contribution in [0, 0.1) is 0 Å². The maximum absolute atomic E-state index is 5.28. The van der Waals surface area contributed by atoms with E-state index in [0.29, 0.717) is 0 Å². The van der Waals surface area contributed by atoms with Crippen molar-refractivity contribution in [3.8, 4) is 0 Å². The van der Waals surface area contributed by atoms with Crippen LogP contribution in [-0.2, 0) is 0 Å². The van der Waals surface area contributed by atoms with Crippen LogP contribution in [0.25, 0.3) is 12.4 Å². The topological polar surface area (TPSA) is 52.0 Å². The van der Waals surface area contributed by atoms with E-state index in [9.17, 15) is 0 Å². The minimum atomic E-state index is 1.00. The minimum absolute atomic E-state index is 1.00. The average molecular weight is 140 g/mol. The third-order valence-corrected chi connectivity index (χ3v) is 1.96. The normalized spacial score (nSPS) is 14.7. The Bertz CT molecular complexity index is 258. The summed E-state index contributed by atoms with van der Waals surface area (Å²) in [4.78, 5) is 0. The largest absolute Gasteiger partial charge is 0.404 e. The lowest BCUT2D eigenvalue weighted by atomic mass is 10.5. The molecule has 48 valence electrons. The summed E-state index contributed by atoms with van der Waals surface area (Å²) in [6, 6.07) is 1.93. The lowest BCUT2D eigenvalue weighted by molar-refractivity contribution is 1.60. The first-order chi connectivity index (χ1) is 4.38. The maximum Gasteiger partial charge on any atom is 0.0511 e. The zero-order valence-corrected chi connectivity index (χ0v) is 5.69. The number of hydrogen-bond acceptors (Lipinski definition) is 3. The average Bonchev–Trinajstić information content (AvgIpc) is 2.33. The van der Waals surface area contributed by atoms with E-state index in [1.807, 2.05) is 11.4 Å². The first kappa shape index (κ1) is 6.16. The van der Waals surface area contributed by atoms with Gasteiger partial charge in [0.25, 0.3) is 0 Å². The van der Waals surface area contributed by atoms with Gasteiger partial charge in [-0.15, -0.1) is 11.3 Å². The Morgan fingerprint density at radius 3 is 2.56 bits per heavy atom. The molecule has 0 spiro atoms. The van der Waals surface area contributed by atoms with Crippen molar-refractivity contribution in [2.75, 3.05) is 0 Å². The molecule has 0 aliphatic rings. The van der Waals surface area contributed by atoms with Crippen LogP contribution in [0.1, 0.15) is 0 Å². The van der Waals surface area contributed by atoms with Crippen molar-refractivity contribution in [1.29, 1.82) is 0 Å². The monoisotopic (exact) mass is 140 g/mol. The molecule has 3 heteroatoms. The van der Waals surface area contributed by atoms with Gasteiger partial charge in [-0.1, -0.05) is 0 Å². The summed E-state index contributed by atoms with van der Waals surface area (Å²) in [5.74, 6) is 0. The van der Waals surface area contributed by atoms with Gasteiger partial charge in [-0.3, -0.25) is 0 Å². The van der Waals surface area contributed by atoms with Gasteiger partial charge in [0.1, 0.15) is 0 Å². The second-order valence-corrected chi connectivity index (χ2v) is 2.52. The molecule has 0 aromatic carbocycles. The molecule has 0 fully saturated rings. The van der Waals surface area contributed by atoms with Crippen LogP contribution in [-0.4, -0.2) is 0 Å². The first-order valence-corrected chi connectivity index (χ1v) is 3.44. The molecule has 0 bridgehead atoms. The molecule has 0 amide bonds. The van der Waals surface area contributed by atoms with Crippen molar-refractivity contribution in [2.24, 2.45) is 11.5 Å². The van der Waals surface area contributed by atoms with Crippen molar-refractivity contribution in [3.63, 3.8) is 0 Å². The molecule has 1 heterocycles. The van der Waals surface area contributed by atoms with Crippen LogP contribution < -0.4 is 21.2 Å². The van der Waals surface area contributed by atoms with E-state index in [1.165, 1.54) is 0 Å². The molecule has 0 saturated heterocycles. The van der Waals surface area contributed by atoms with E-state index in [0.717, 1.165) is 9.75 Å². The fourth-order valence-electron chi connectivity index (χ4n) is 0.604. The molecule has 2 nitrogen and oxygen atoms in total. The van der Waals surface area contributed by atoms with Gasteiger partial charge in [0, 0.05) is 17.6 Å². The predicted molar refractivity (Wildman–Crippen MR) is 40.9 cm³/mol. The van der Waals surface area contributed by atoms with Crippen molar-refractivity contribution in [2.45, 2.75) is 0 Å². The smallest absolute Gasteiger partial charge is 0.0511 e. The van der Waals surface area contributed by atoms with E-state index in [4.69, 9.17) is 11.5 Å². The third-order valence-electron chi connectivity index (χ3n) is 1.06. The summed E-state index contributed by atoms with van der Waals surface area (Å²) in [5.41, 5.74) is 10.6. The van der Waals surface area contributed by atoms with Crippen LogP contribution in [0.4, 0.5) is 0 Å². The summed E-state index contributed by atoms with van der Waals surface area (Å²) >= 11 is 1.58. The minimum Gasteiger partial charge on any atom is -0.404 e. The molecule has 1 aromatic heterocycles. The second kappa shape index (κ2) is 2.55. The number of hydrogen-bond donors (Lipinski definition) is 2. The summed E-state index contributed by atoms with van der Waals surface area (Å²) in [6.45, 7) is 0. The highest BCUT2D eigenvalue weighted by Gasteiger charge is 1.80. The first-order valence-electron chi connectivity index (χ1n) is 2.56. The zero-order chi connectivity index (χ0) is 6.69. The van der Waals surface area contributed by atoms with Crippen LogP contribution >= 0.6 is 11.3 Å². The predicted octanol–water partition coefficient (Wildman–Crippen LogP) is -0.859. The van der Waals surface area contributed by atoms with Crippen molar-refractivity contribution in [3.05, 3.63) is 21.2 Å². The fourth-order valence-corrected chi connectivity index (χ4v) is 1.32. The van der Waals surface area contributed by atoms with Gasteiger partial charge < -0.3 is 11.5 Å². The molecule has 1 aromatic rings. The van der Waals surface area contributed by atoms with Crippen molar-refractivity contribution < 1.29 is 0 Å². The highest BCUT2D eigenvalue weighted by molar-refractivity contribution is 7.07. The summed E-state index contributed by atoms with van der Waals surface area (Å²) in [5, 5.41) is 2.96. The molecule has 0 aliphatic carbocycles. The summed E-state index contributed by atoms with van der Waals surface area (Å²) < 4.78 is 1.03. The molecule has 0 saturated carbocycles. The van der Waals surface area contributed by atoms with Gasteiger partial charge in [0.15, 0.2) is 0 Å². The van der Waals surface area contributed by atoms with Gasteiger partial charge in [-0.05, 0) is 11.4 Å². The Balaban J connectivity index is 3.50. The summed E-state index contributed by atoms with van der Waals surface area (Å²) in [7, 11) is 0. The van der Waals surface area contributed by atoms with Crippen LogP contribution in [0.5, 0.6) is 0 Å². The van der Waals surface area contributed by atoms with E-state index in [1.54, 1.807) is 23.7 Å². The lowest BCUT2D eigenvalue weighted by Gasteiger charge is -1.72. The number of thiophene rings is 1. The third kappa shape index (κ3) is 1.05. The number of nitrogens with two attached hydrogens (primary N) is 2. The second-order valence-electron chi connectivity index (χ2n) is 1.57. The Hall–Kier alpha value is -0.960. The summed E-state index contributed by atoms with van der Waals surface area (Å²) in [6.07, 6.45) is 3.11. The Labute approximate surface area is 57.1 Å². The molecule has 0 atom stereocenters. The zero-order valence-electron chi connectivity index (χ0n) is 4.87. The van der Waals surface area contributed by atoms with E-state index in [2.05, 4.69) is 0 Å². The van der Waals surface area contributed by atoms with E-state index >= 15 is 0 Å². The highest BCUT2D eigenvalue weighted by atomic mass is 32.1. The molecular formula is C6H8N2S. The van der Waals surface area contributed by atoms with Gasteiger partial charge in [0.2, 0.25) is 0 Å². The Kier molecular flexibility index (Phi) is 1.75. The fraction of sp³-hybridized carbons (Fsp3) is 0. The standard InChI is InChI=1S/C6H8N2S/c7-3-5-1-2-9-6(5)4-8/h1-4H,7-8H2/b5-3-,6-4+. The highest BCUT2D eigenvalue weighted by Crippen LogP contribution is 1.77. The molecule has 0 radical (unpaired) electrons. The molecule has 9 heavy (non-hydrogen) atoms. The number of rotatable bonds is 0. The molecule has 0 aliphatic heterocycles. The van der Waals surface area contributed by atoms with Gasteiger partial charge in [-0.25, -0.2) is 0 Å². The van der Waals surface area contributed by atoms with Gasteiger partial charge >= 0.3 is 0 Å². The molecule has 1 rings (SSSR count). The quantitative estimate of drug-likeness (QED) is 0.493. The lowest BCUT2D eigenvalue weighted by Crippen LogP contribution is -2.20. The van der Waals surface area contributed by atoms with Crippen molar-refractivity contribution >= 4 is 23.7 Å². The van der Waals surface area contributed by atoms with Gasteiger partial charge in [-0.2, -0.15) is 0 Å². The molecular weight excluding hydrogens is 132 g/mol. The van der Waals surface area contributed by atoms with Crippen LogP contribution in [0.2, 0.25) is 0 Å². The van der Waals surface area contributed by atoms with Crippen LogP contribution in [0.3, 0.4) is 0 Å². The van der Waals surface area contributed by atoms with Crippen LogP contribution in [0.15, 0.2) is 11.4 Å². The van der Waals surface area contributed by atoms with Gasteiger partial charge in [0.05, 0.1) is 4.53 Å². The Morgan fingerprint density at radius 2 is 2.11 bits per heavy atom.